The van der Waals surface area contributed by atoms with Crippen molar-refractivity contribution in [1.29, 1.82) is 0 Å². The van der Waals surface area contributed by atoms with Crippen LogP contribution in [0.2, 0.25) is 0 Å². The average Bonchev–Trinajstić information content (AvgIpc) is 2.90. The second kappa shape index (κ2) is 5.48. The van der Waals surface area contributed by atoms with Crippen molar-refractivity contribution in [3.8, 4) is 0 Å². The molecule has 7 nitrogen and oxygen atoms in total. The number of nitrogens with zero attached hydrogens (tertiary/aromatic N) is 3. The molecule has 1 saturated carbocycles. The zero-order valence-electron chi connectivity index (χ0n) is 12.5. The predicted octanol–water partition coefficient (Wildman–Crippen LogP) is 0.648. The minimum Gasteiger partial charge on any atom is -0.335 e. The maximum absolute atomic E-state index is 12.5. The predicted molar refractivity (Wildman–Crippen MR) is 80.5 cm³/mol. The second-order valence-electron chi connectivity index (χ2n) is 5.72. The lowest BCUT2D eigenvalue weighted by Crippen LogP contribution is -2.40. The van der Waals surface area contributed by atoms with Crippen molar-refractivity contribution in [3.63, 3.8) is 0 Å². The van der Waals surface area contributed by atoms with Crippen molar-refractivity contribution in [2.24, 2.45) is 7.05 Å². The maximum Gasteiger partial charge on any atom is 0.332 e. The van der Waals surface area contributed by atoms with Crippen molar-refractivity contribution in [3.05, 3.63) is 26.7 Å². The van der Waals surface area contributed by atoms with Gasteiger partial charge in [-0.2, -0.15) is 0 Å². The SMILES string of the molecule is CNCc1nc2c([nH]1)c(=O)n(C)c(=O)n2C1CCCCC1. The minimum absolute atomic E-state index is 0.145. The fraction of sp³-hybridized carbons (Fsp3) is 0.643. The molecule has 1 aliphatic carbocycles. The first-order valence-electron chi connectivity index (χ1n) is 7.48. The van der Waals surface area contributed by atoms with Gasteiger partial charge in [0.2, 0.25) is 0 Å². The van der Waals surface area contributed by atoms with Crippen LogP contribution in [-0.4, -0.2) is 26.1 Å². The molecule has 0 saturated heterocycles. The smallest absolute Gasteiger partial charge is 0.332 e. The van der Waals surface area contributed by atoms with Crippen LogP contribution in [0.4, 0.5) is 0 Å². The first-order valence-corrected chi connectivity index (χ1v) is 7.48. The van der Waals surface area contributed by atoms with Crippen molar-refractivity contribution >= 4 is 11.2 Å². The molecule has 1 fully saturated rings. The van der Waals surface area contributed by atoms with E-state index in [1.807, 2.05) is 7.05 Å². The summed E-state index contributed by atoms with van der Waals surface area (Å²) in [6.07, 6.45) is 5.40. The van der Waals surface area contributed by atoms with Gasteiger partial charge < -0.3 is 10.3 Å². The Kier molecular flexibility index (Phi) is 3.67. The molecule has 2 aromatic rings. The third kappa shape index (κ3) is 2.31. The molecule has 21 heavy (non-hydrogen) atoms. The summed E-state index contributed by atoms with van der Waals surface area (Å²) in [6.45, 7) is 0.538. The summed E-state index contributed by atoms with van der Waals surface area (Å²) in [5.41, 5.74) is 0.354. The van der Waals surface area contributed by atoms with Gasteiger partial charge in [-0.05, 0) is 19.9 Å². The maximum atomic E-state index is 12.5. The van der Waals surface area contributed by atoms with Crippen LogP contribution in [-0.2, 0) is 13.6 Å². The summed E-state index contributed by atoms with van der Waals surface area (Å²) in [6, 6.07) is 0.145. The molecule has 2 N–H and O–H groups in total. The Labute approximate surface area is 122 Å². The van der Waals surface area contributed by atoms with Crippen LogP contribution in [0.25, 0.3) is 11.2 Å². The summed E-state index contributed by atoms with van der Waals surface area (Å²) in [4.78, 5) is 32.3. The number of fused-ring (bicyclic) bond motifs is 1. The molecule has 0 radical (unpaired) electrons. The van der Waals surface area contributed by atoms with Crippen LogP contribution in [0.15, 0.2) is 9.59 Å². The van der Waals surface area contributed by atoms with Crippen LogP contribution >= 0.6 is 0 Å². The van der Waals surface area contributed by atoms with Gasteiger partial charge in [0.05, 0.1) is 6.54 Å². The molecule has 2 aromatic heterocycles. The van der Waals surface area contributed by atoms with Crippen LogP contribution < -0.4 is 16.6 Å². The van der Waals surface area contributed by atoms with E-state index in [9.17, 15) is 9.59 Å². The molecule has 0 aromatic carbocycles. The number of rotatable bonds is 3. The van der Waals surface area contributed by atoms with Gasteiger partial charge in [0, 0.05) is 13.1 Å². The number of nitrogens with one attached hydrogen (secondary N) is 2. The Morgan fingerprint density at radius 2 is 2.00 bits per heavy atom. The standard InChI is InChI=1S/C14H21N5O2/c1-15-8-10-16-11-12(17-10)19(9-6-4-3-5-7-9)14(21)18(2)13(11)20/h9,15H,3-8H2,1-2H3,(H,16,17). The highest BCUT2D eigenvalue weighted by atomic mass is 16.2. The van der Waals surface area contributed by atoms with Crippen LogP contribution in [0.3, 0.4) is 0 Å². The largest absolute Gasteiger partial charge is 0.335 e. The summed E-state index contributed by atoms with van der Waals surface area (Å²) < 4.78 is 2.89. The Morgan fingerprint density at radius 1 is 1.29 bits per heavy atom. The molecule has 0 bridgehead atoms. The number of hydrogen-bond acceptors (Lipinski definition) is 4. The van der Waals surface area contributed by atoms with E-state index in [1.165, 1.54) is 18.0 Å². The van der Waals surface area contributed by atoms with Crippen LogP contribution in [0, 0.1) is 0 Å². The third-order valence-corrected chi connectivity index (χ3v) is 4.26. The fourth-order valence-electron chi connectivity index (χ4n) is 3.16. The van der Waals surface area contributed by atoms with E-state index in [0.29, 0.717) is 23.5 Å². The molecule has 1 aliphatic rings. The van der Waals surface area contributed by atoms with Gasteiger partial charge in [0.1, 0.15) is 11.3 Å². The van der Waals surface area contributed by atoms with Crippen LogP contribution in [0.5, 0.6) is 0 Å². The molecule has 0 spiro atoms. The highest BCUT2D eigenvalue weighted by molar-refractivity contribution is 5.70. The first kappa shape index (κ1) is 14.1. The molecular weight excluding hydrogens is 270 g/mol. The van der Waals surface area contributed by atoms with Crippen molar-refractivity contribution in [1.82, 2.24) is 24.4 Å². The molecule has 0 amide bonds. The normalized spacial score (nSPS) is 16.7. The lowest BCUT2D eigenvalue weighted by molar-refractivity contribution is 0.345. The quantitative estimate of drug-likeness (QED) is 0.869. The van der Waals surface area contributed by atoms with E-state index >= 15 is 0 Å². The second-order valence-corrected chi connectivity index (χ2v) is 5.72. The molecule has 0 atom stereocenters. The lowest BCUT2D eigenvalue weighted by Gasteiger charge is -2.24. The highest BCUT2D eigenvalue weighted by Gasteiger charge is 2.23. The molecule has 114 valence electrons. The molecule has 0 unspecified atom stereocenters. The molecular formula is C14H21N5O2. The van der Waals surface area contributed by atoms with E-state index < -0.39 is 0 Å². The van der Waals surface area contributed by atoms with E-state index in [0.717, 1.165) is 25.7 Å². The summed E-state index contributed by atoms with van der Waals surface area (Å²) in [7, 11) is 3.35. The molecule has 3 rings (SSSR count). The van der Waals surface area contributed by atoms with E-state index in [1.54, 1.807) is 4.57 Å². The number of aromatic amines is 1. The number of hydrogen-bond donors (Lipinski definition) is 2. The summed E-state index contributed by atoms with van der Waals surface area (Å²) in [5, 5.41) is 3.00. The van der Waals surface area contributed by atoms with Crippen molar-refractivity contribution in [2.75, 3.05) is 7.05 Å². The fourth-order valence-corrected chi connectivity index (χ4v) is 3.16. The Balaban J connectivity index is 2.25. The highest BCUT2D eigenvalue weighted by Crippen LogP contribution is 2.28. The Morgan fingerprint density at radius 3 is 2.67 bits per heavy atom. The van der Waals surface area contributed by atoms with Gasteiger partial charge in [-0.3, -0.25) is 13.9 Å². The van der Waals surface area contributed by atoms with Crippen LogP contribution in [0.1, 0.15) is 44.0 Å². The van der Waals surface area contributed by atoms with Gasteiger partial charge in [-0.15, -0.1) is 0 Å². The van der Waals surface area contributed by atoms with Gasteiger partial charge in [0.25, 0.3) is 5.56 Å². The first-order chi connectivity index (χ1) is 10.1. The Hall–Kier alpha value is -1.89. The van der Waals surface area contributed by atoms with Crippen molar-refractivity contribution in [2.45, 2.75) is 44.7 Å². The topological polar surface area (TPSA) is 84.7 Å². The number of imidazole rings is 1. The summed E-state index contributed by atoms with van der Waals surface area (Å²) >= 11 is 0. The van der Waals surface area contributed by atoms with Gasteiger partial charge >= 0.3 is 5.69 Å². The monoisotopic (exact) mass is 291 g/mol. The third-order valence-electron chi connectivity index (χ3n) is 4.26. The number of H-pyrrole nitrogens is 1. The van der Waals surface area contributed by atoms with Gasteiger partial charge in [0.15, 0.2) is 5.65 Å². The van der Waals surface area contributed by atoms with Crippen molar-refractivity contribution < 1.29 is 0 Å². The lowest BCUT2D eigenvalue weighted by atomic mass is 9.95. The minimum atomic E-state index is -0.308. The summed E-state index contributed by atoms with van der Waals surface area (Å²) in [5.74, 6) is 0.680. The Bertz CT molecular complexity index is 764. The average molecular weight is 291 g/mol. The van der Waals surface area contributed by atoms with E-state index in [-0.39, 0.29) is 17.3 Å². The molecule has 2 heterocycles. The van der Waals surface area contributed by atoms with E-state index in [4.69, 9.17) is 0 Å². The number of aromatic nitrogens is 4. The van der Waals surface area contributed by atoms with Gasteiger partial charge in [-0.25, -0.2) is 9.78 Å². The molecule has 7 heteroatoms. The zero-order valence-corrected chi connectivity index (χ0v) is 12.5. The van der Waals surface area contributed by atoms with E-state index in [2.05, 4.69) is 15.3 Å². The molecule has 0 aliphatic heterocycles. The zero-order chi connectivity index (χ0) is 15.0. The van der Waals surface area contributed by atoms with Gasteiger partial charge in [-0.1, -0.05) is 19.3 Å².